The van der Waals surface area contributed by atoms with Gasteiger partial charge in [0.25, 0.3) is 0 Å². The normalized spacial score (nSPS) is 11.2. The van der Waals surface area contributed by atoms with Crippen LogP contribution in [0, 0.1) is 6.92 Å². The van der Waals surface area contributed by atoms with Crippen LogP contribution in [0.2, 0.25) is 5.02 Å². The first-order valence-electron chi connectivity index (χ1n) is 9.89. The molecular formula is C25H18BrClN4. The standard InChI is InChI=1S/C25H18BrClN4/c1-15-8-9-17-14-18(10-11-20(17)28-15)24-25(21-6-3-7-22(26)29-21)31-23(30-24)13-16-4-2-5-19(27)12-16/h2-12,14H,13H2,1H3,(H,30,31). The number of rotatable bonds is 4. The van der Waals surface area contributed by atoms with Gasteiger partial charge in [0.2, 0.25) is 0 Å². The lowest BCUT2D eigenvalue weighted by atomic mass is 10.1. The summed E-state index contributed by atoms with van der Waals surface area (Å²) in [7, 11) is 0. The van der Waals surface area contributed by atoms with E-state index >= 15 is 0 Å². The number of hydrogen-bond acceptors (Lipinski definition) is 3. The molecule has 0 spiro atoms. The van der Waals surface area contributed by atoms with Crippen molar-refractivity contribution in [3.05, 3.63) is 99.5 Å². The van der Waals surface area contributed by atoms with E-state index in [0.717, 1.165) is 60.3 Å². The van der Waals surface area contributed by atoms with Crippen LogP contribution in [0.15, 0.2) is 77.4 Å². The first kappa shape index (κ1) is 19.9. The molecular weight excluding hydrogens is 472 g/mol. The van der Waals surface area contributed by atoms with Crippen LogP contribution < -0.4 is 0 Å². The van der Waals surface area contributed by atoms with Crippen LogP contribution in [-0.2, 0) is 6.42 Å². The van der Waals surface area contributed by atoms with Gasteiger partial charge >= 0.3 is 0 Å². The van der Waals surface area contributed by atoms with E-state index in [1.165, 1.54) is 0 Å². The first-order chi connectivity index (χ1) is 15.0. The van der Waals surface area contributed by atoms with Gasteiger partial charge in [-0.1, -0.05) is 41.9 Å². The minimum Gasteiger partial charge on any atom is -0.340 e. The van der Waals surface area contributed by atoms with Crippen LogP contribution in [0.25, 0.3) is 33.5 Å². The van der Waals surface area contributed by atoms with Gasteiger partial charge in [-0.05, 0) is 70.9 Å². The van der Waals surface area contributed by atoms with Gasteiger partial charge in [-0.25, -0.2) is 9.97 Å². The van der Waals surface area contributed by atoms with E-state index in [1.54, 1.807) is 0 Å². The molecule has 5 aromatic rings. The molecule has 0 aliphatic carbocycles. The van der Waals surface area contributed by atoms with Crippen LogP contribution in [0.1, 0.15) is 17.1 Å². The fourth-order valence-electron chi connectivity index (χ4n) is 3.66. The molecule has 0 radical (unpaired) electrons. The van der Waals surface area contributed by atoms with E-state index in [9.17, 15) is 0 Å². The lowest BCUT2D eigenvalue weighted by Crippen LogP contribution is -1.91. The summed E-state index contributed by atoms with van der Waals surface area (Å²) < 4.78 is 0.778. The molecule has 6 heteroatoms. The quantitative estimate of drug-likeness (QED) is 0.276. The SMILES string of the molecule is Cc1ccc2cc(-c3nc(Cc4cccc(Cl)c4)[nH]c3-c3cccc(Br)n3)ccc2n1. The zero-order chi connectivity index (χ0) is 21.4. The molecule has 0 fully saturated rings. The van der Waals surface area contributed by atoms with Crippen molar-refractivity contribution in [3.63, 3.8) is 0 Å². The summed E-state index contributed by atoms with van der Waals surface area (Å²) in [6.45, 7) is 2.00. The third-order valence-corrected chi connectivity index (χ3v) is 5.76. The van der Waals surface area contributed by atoms with Crippen LogP contribution in [0.3, 0.4) is 0 Å². The zero-order valence-electron chi connectivity index (χ0n) is 16.7. The number of nitrogens with zero attached hydrogens (tertiary/aromatic N) is 3. The van der Waals surface area contributed by atoms with E-state index in [2.05, 4.69) is 55.1 Å². The number of aromatic amines is 1. The molecule has 0 aliphatic rings. The molecule has 1 N–H and O–H groups in total. The number of benzene rings is 2. The maximum atomic E-state index is 6.17. The summed E-state index contributed by atoms with van der Waals surface area (Å²) in [5.41, 5.74) is 6.67. The molecule has 2 aromatic carbocycles. The van der Waals surface area contributed by atoms with Crippen molar-refractivity contribution in [1.82, 2.24) is 19.9 Å². The fourth-order valence-corrected chi connectivity index (χ4v) is 4.22. The first-order valence-corrected chi connectivity index (χ1v) is 11.1. The lowest BCUT2D eigenvalue weighted by Gasteiger charge is -2.05. The molecule has 0 amide bonds. The molecule has 0 atom stereocenters. The smallest absolute Gasteiger partial charge is 0.111 e. The van der Waals surface area contributed by atoms with Gasteiger partial charge in [-0.15, -0.1) is 0 Å². The van der Waals surface area contributed by atoms with Crippen molar-refractivity contribution in [2.24, 2.45) is 0 Å². The number of nitrogens with one attached hydrogen (secondary N) is 1. The molecule has 0 saturated carbocycles. The highest BCUT2D eigenvalue weighted by atomic mass is 79.9. The van der Waals surface area contributed by atoms with Crippen molar-refractivity contribution in [1.29, 1.82) is 0 Å². The predicted molar refractivity (Wildman–Crippen MR) is 129 cm³/mol. The average molecular weight is 490 g/mol. The number of halogens is 2. The highest BCUT2D eigenvalue weighted by Crippen LogP contribution is 2.32. The number of imidazole rings is 1. The number of aromatic nitrogens is 4. The Morgan fingerprint density at radius 2 is 1.77 bits per heavy atom. The minimum atomic E-state index is 0.649. The maximum absolute atomic E-state index is 6.17. The molecule has 31 heavy (non-hydrogen) atoms. The van der Waals surface area contributed by atoms with E-state index < -0.39 is 0 Å². The molecule has 0 saturated heterocycles. The Morgan fingerprint density at radius 3 is 2.61 bits per heavy atom. The topological polar surface area (TPSA) is 54.5 Å². The molecule has 5 rings (SSSR count). The third-order valence-electron chi connectivity index (χ3n) is 5.09. The minimum absolute atomic E-state index is 0.649. The zero-order valence-corrected chi connectivity index (χ0v) is 19.1. The molecule has 0 unspecified atom stereocenters. The second-order valence-electron chi connectivity index (χ2n) is 7.42. The van der Waals surface area contributed by atoms with Gasteiger partial charge in [0.1, 0.15) is 10.4 Å². The molecule has 3 heterocycles. The van der Waals surface area contributed by atoms with Gasteiger partial charge in [0, 0.05) is 28.1 Å². The van der Waals surface area contributed by atoms with Crippen molar-refractivity contribution >= 4 is 38.4 Å². The number of pyridine rings is 2. The second-order valence-corrected chi connectivity index (χ2v) is 8.67. The summed E-state index contributed by atoms with van der Waals surface area (Å²) >= 11 is 9.65. The average Bonchev–Trinajstić information content (AvgIpc) is 3.17. The van der Waals surface area contributed by atoms with E-state index in [-0.39, 0.29) is 0 Å². The van der Waals surface area contributed by atoms with Crippen LogP contribution in [0.4, 0.5) is 0 Å². The fraction of sp³-hybridized carbons (Fsp3) is 0.0800. The van der Waals surface area contributed by atoms with Crippen molar-refractivity contribution in [3.8, 4) is 22.6 Å². The van der Waals surface area contributed by atoms with E-state index in [1.807, 2.05) is 55.5 Å². The Labute approximate surface area is 193 Å². The number of hydrogen-bond donors (Lipinski definition) is 1. The highest BCUT2D eigenvalue weighted by Gasteiger charge is 2.16. The summed E-state index contributed by atoms with van der Waals surface area (Å²) in [6, 6.07) is 24.1. The number of aryl methyl sites for hydroxylation is 1. The lowest BCUT2D eigenvalue weighted by molar-refractivity contribution is 1.03. The number of H-pyrrole nitrogens is 1. The summed E-state index contributed by atoms with van der Waals surface area (Å²) in [6.07, 6.45) is 0.649. The maximum Gasteiger partial charge on any atom is 0.111 e. The van der Waals surface area contributed by atoms with Crippen LogP contribution >= 0.6 is 27.5 Å². The number of fused-ring (bicyclic) bond motifs is 1. The Bertz CT molecular complexity index is 1410. The molecule has 0 aliphatic heterocycles. The van der Waals surface area contributed by atoms with Crippen molar-refractivity contribution < 1.29 is 0 Å². The molecule has 3 aromatic heterocycles. The Morgan fingerprint density at radius 1 is 0.903 bits per heavy atom. The van der Waals surface area contributed by atoms with Gasteiger partial charge < -0.3 is 4.98 Å². The predicted octanol–water partition coefficient (Wildman–Crippen LogP) is 7.00. The van der Waals surface area contributed by atoms with E-state index in [0.29, 0.717) is 6.42 Å². The van der Waals surface area contributed by atoms with Crippen LogP contribution in [-0.4, -0.2) is 19.9 Å². The summed E-state index contributed by atoms with van der Waals surface area (Å²) in [5.74, 6) is 0.858. The Balaban J connectivity index is 1.64. The second kappa shape index (κ2) is 8.25. The molecule has 4 nitrogen and oxygen atoms in total. The van der Waals surface area contributed by atoms with Crippen molar-refractivity contribution in [2.75, 3.05) is 0 Å². The van der Waals surface area contributed by atoms with Crippen LogP contribution in [0.5, 0.6) is 0 Å². The Kier molecular flexibility index (Phi) is 5.30. The van der Waals surface area contributed by atoms with E-state index in [4.69, 9.17) is 16.6 Å². The molecule has 152 valence electrons. The summed E-state index contributed by atoms with van der Waals surface area (Å²) in [4.78, 5) is 17.7. The highest BCUT2D eigenvalue weighted by molar-refractivity contribution is 9.10. The summed E-state index contributed by atoms with van der Waals surface area (Å²) in [5, 5.41) is 1.80. The third kappa shape index (κ3) is 4.24. The van der Waals surface area contributed by atoms with Gasteiger partial charge in [-0.3, -0.25) is 4.98 Å². The van der Waals surface area contributed by atoms with Crippen molar-refractivity contribution in [2.45, 2.75) is 13.3 Å². The van der Waals surface area contributed by atoms with Gasteiger partial charge in [0.05, 0.1) is 22.6 Å². The largest absolute Gasteiger partial charge is 0.340 e. The van der Waals surface area contributed by atoms with Gasteiger partial charge in [0.15, 0.2) is 0 Å². The monoisotopic (exact) mass is 488 g/mol. The Hall–Kier alpha value is -3.02. The van der Waals surface area contributed by atoms with Gasteiger partial charge in [-0.2, -0.15) is 0 Å². The molecule has 0 bridgehead atoms.